The monoisotopic (exact) mass is 302 g/mol. The third-order valence-corrected chi connectivity index (χ3v) is 3.64. The normalized spacial score (nSPS) is 18.2. The Hall–Kier alpha value is -2.47. The molecule has 1 N–H and O–H groups in total. The summed E-state index contributed by atoms with van der Waals surface area (Å²) in [6, 6.07) is 9.13. The molecule has 5 nitrogen and oxygen atoms in total. The van der Waals surface area contributed by atoms with E-state index in [1.165, 1.54) is 24.4 Å². The molecule has 1 aliphatic heterocycles. The van der Waals surface area contributed by atoms with Gasteiger partial charge in [-0.25, -0.2) is 4.39 Å². The van der Waals surface area contributed by atoms with Crippen molar-refractivity contribution < 1.29 is 13.9 Å². The van der Waals surface area contributed by atoms with Crippen molar-refractivity contribution >= 4 is 5.91 Å². The molecule has 1 atom stereocenters. The van der Waals surface area contributed by atoms with E-state index < -0.39 is 5.56 Å². The van der Waals surface area contributed by atoms with Gasteiger partial charge in [0.2, 0.25) is 0 Å². The van der Waals surface area contributed by atoms with Crippen LogP contribution in [0.5, 0.6) is 0 Å². The van der Waals surface area contributed by atoms with Crippen molar-refractivity contribution in [2.24, 2.45) is 0 Å². The summed E-state index contributed by atoms with van der Waals surface area (Å²) in [5, 5.41) is 0. The highest BCUT2D eigenvalue weighted by Crippen LogP contribution is 2.23. The fraction of sp³-hybridized carbons (Fsp3) is 0.250. The topological polar surface area (TPSA) is 62.4 Å². The first-order valence-corrected chi connectivity index (χ1v) is 6.99. The smallest absolute Gasteiger partial charge is 0.260 e. The van der Waals surface area contributed by atoms with Crippen LogP contribution in [0.1, 0.15) is 22.0 Å². The van der Waals surface area contributed by atoms with Crippen LogP contribution in [0.25, 0.3) is 0 Å². The fourth-order valence-corrected chi connectivity index (χ4v) is 2.47. The highest BCUT2D eigenvalue weighted by molar-refractivity contribution is 5.93. The Labute approximate surface area is 126 Å². The maximum Gasteiger partial charge on any atom is 0.260 e. The third-order valence-electron chi connectivity index (χ3n) is 3.64. The summed E-state index contributed by atoms with van der Waals surface area (Å²) in [4.78, 5) is 28.2. The molecule has 1 aromatic heterocycles. The first kappa shape index (κ1) is 14.5. The van der Waals surface area contributed by atoms with Gasteiger partial charge in [-0.05, 0) is 29.8 Å². The number of ether oxygens (including phenoxy) is 1. The van der Waals surface area contributed by atoms with Crippen LogP contribution in [0.2, 0.25) is 0 Å². The van der Waals surface area contributed by atoms with Crippen LogP contribution in [0.4, 0.5) is 4.39 Å². The number of benzene rings is 1. The molecule has 6 heteroatoms. The third kappa shape index (κ3) is 2.92. The zero-order valence-electron chi connectivity index (χ0n) is 11.8. The number of halogens is 1. The van der Waals surface area contributed by atoms with E-state index >= 15 is 0 Å². The van der Waals surface area contributed by atoms with Gasteiger partial charge in [-0.15, -0.1) is 0 Å². The Morgan fingerprint density at radius 3 is 2.77 bits per heavy atom. The van der Waals surface area contributed by atoms with Crippen molar-refractivity contribution in [1.29, 1.82) is 0 Å². The lowest BCUT2D eigenvalue weighted by molar-refractivity contribution is -0.0229. The van der Waals surface area contributed by atoms with Gasteiger partial charge in [0, 0.05) is 12.7 Å². The number of rotatable bonds is 2. The molecular formula is C16H15FN2O3. The van der Waals surface area contributed by atoms with Gasteiger partial charge in [0.15, 0.2) is 0 Å². The summed E-state index contributed by atoms with van der Waals surface area (Å²) in [5.41, 5.74) is 0.514. The molecule has 1 amide bonds. The minimum Gasteiger partial charge on any atom is -0.370 e. The average molecular weight is 302 g/mol. The Morgan fingerprint density at radius 2 is 2.05 bits per heavy atom. The number of nitrogens with one attached hydrogen (secondary N) is 1. The Balaban J connectivity index is 1.78. The summed E-state index contributed by atoms with van der Waals surface area (Å²) >= 11 is 0. The van der Waals surface area contributed by atoms with Gasteiger partial charge >= 0.3 is 0 Å². The average Bonchev–Trinajstić information content (AvgIpc) is 2.55. The molecule has 0 spiro atoms. The molecule has 1 aliphatic rings. The number of nitrogens with zero attached hydrogens (tertiary/aromatic N) is 1. The minimum absolute atomic E-state index is 0.113. The van der Waals surface area contributed by atoms with E-state index in [0.29, 0.717) is 19.7 Å². The number of aromatic nitrogens is 1. The molecule has 1 fully saturated rings. The van der Waals surface area contributed by atoms with Gasteiger partial charge in [-0.3, -0.25) is 9.59 Å². The van der Waals surface area contributed by atoms with Gasteiger partial charge in [-0.2, -0.15) is 0 Å². The van der Waals surface area contributed by atoms with Crippen molar-refractivity contribution in [3.05, 3.63) is 69.9 Å². The van der Waals surface area contributed by atoms with Crippen molar-refractivity contribution in [3.63, 3.8) is 0 Å². The van der Waals surface area contributed by atoms with Crippen LogP contribution < -0.4 is 5.56 Å². The number of hydrogen-bond acceptors (Lipinski definition) is 3. The molecule has 2 heterocycles. The first-order chi connectivity index (χ1) is 10.6. The molecule has 22 heavy (non-hydrogen) atoms. The second-order valence-corrected chi connectivity index (χ2v) is 5.08. The molecule has 0 bridgehead atoms. The van der Waals surface area contributed by atoms with Crippen LogP contribution >= 0.6 is 0 Å². The zero-order valence-corrected chi connectivity index (χ0v) is 11.8. The predicted molar refractivity (Wildman–Crippen MR) is 78.1 cm³/mol. The van der Waals surface area contributed by atoms with E-state index in [9.17, 15) is 14.0 Å². The molecule has 0 saturated carbocycles. The molecule has 1 saturated heterocycles. The molecule has 0 radical (unpaired) electrons. The quantitative estimate of drug-likeness (QED) is 0.919. The lowest BCUT2D eigenvalue weighted by atomic mass is 10.1. The maximum absolute atomic E-state index is 13.0. The SMILES string of the molecule is O=C(c1ccc[nH]c1=O)N1CCO[C@H](c2ccc(F)cc2)C1. The number of H-pyrrole nitrogens is 1. The largest absolute Gasteiger partial charge is 0.370 e. The van der Waals surface area contributed by atoms with Crippen LogP contribution in [0.3, 0.4) is 0 Å². The number of carbonyl (C=O) groups excluding carboxylic acids is 1. The number of morpholine rings is 1. The Kier molecular flexibility index (Phi) is 4.02. The van der Waals surface area contributed by atoms with E-state index in [1.807, 2.05) is 0 Å². The van der Waals surface area contributed by atoms with Crippen molar-refractivity contribution in [3.8, 4) is 0 Å². The summed E-state index contributed by atoms with van der Waals surface area (Å²) in [6.45, 7) is 1.13. The van der Waals surface area contributed by atoms with Crippen molar-refractivity contribution in [2.75, 3.05) is 19.7 Å². The van der Waals surface area contributed by atoms with E-state index in [2.05, 4.69) is 4.98 Å². The molecule has 3 rings (SSSR count). The molecule has 2 aromatic rings. The zero-order chi connectivity index (χ0) is 15.5. The first-order valence-electron chi connectivity index (χ1n) is 6.99. The van der Waals surface area contributed by atoms with E-state index in [0.717, 1.165) is 5.56 Å². The van der Waals surface area contributed by atoms with Crippen LogP contribution in [-0.2, 0) is 4.74 Å². The van der Waals surface area contributed by atoms with Crippen molar-refractivity contribution in [2.45, 2.75) is 6.10 Å². The number of hydrogen-bond donors (Lipinski definition) is 1. The predicted octanol–water partition coefficient (Wildman–Crippen LogP) is 1.73. The number of aromatic amines is 1. The summed E-state index contributed by atoms with van der Waals surface area (Å²) in [7, 11) is 0. The highest BCUT2D eigenvalue weighted by Gasteiger charge is 2.27. The molecular weight excluding hydrogens is 287 g/mol. The molecule has 0 unspecified atom stereocenters. The standard InChI is InChI=1S/C16H15FN2O3/c17-12-5-3-11(4-6-12)14-10-19(8-9-22-14)16(21)13-2-1-7-18-15(13)20/h1-7,14H,8-10H2,(H,18,20)/t14-/m0/s1. The van der Waals surface area contributed by atoms with E-state index in [-0.39, 0.29) is 23.4 Å². The van der Waals surface area contributed by atoms with Crippen LogP contribution in [-0.4, -0.2) is 35.5 Å². The second-order valence-electron chi connectivity index (χ2n) is 5.08. The summed E-state index contributed by atoms with van der Waals surface area (Å²) < 4.78 is 18.6. The fourth-order valence-electron chi connectivity index (χ4n) is 2.47. The maximum atomic E-state index is 13.0. The van der Waals surface area contributed by atoms with Gasteiger partial charge in [0.25, 0.3) is 11.5 Å². The van der Waals surface area contributed by atoms with Gasteiger partial charge < -0.3 is 14.6 Å². The molecule has 114 valence electrons. The van der Waals surface area contributed by atoms with Gasteiger partial charge in [0.05, 0.1) is 13.2 Å². The van der Waals surface area contributed by atoms with E-state index in [1.54, 1.807) is 23.1 Å². The lowest BCUT2D eigenvalue weighted by Crippen LogP contribution is -2.43. The summed E-state index contributed by atoms with van der Waals surface area (Å²) in [6.07, 6.45) is 1.17. The second kappa shape index (κ2) is 6.11. The van der Waals surface area contributed by atoms with E-state index in [4.69, 9.17) is 4.74 Å². The minimum atomic E-state index is -0.405. The Morgan fingerprint density at radius 1 is 1.27 bits per heavy atom. The summed E-state index contributed by atoms with van der Waals surface area (Å²) in [5.74, 6) is -0.638. The molecule has 0 aliphatic carbocycles. The van der Waals surface area contributed by atoms with Crippen LogP contribution in [0.15, 0.2) is 47.4 Å². The van der Waals surface area contributed by atoms with Crippen LogP contribution in [0, 0.1) is 5.82 Å². The number of carbonyl (C=O) groups is 1. The molecule has 1 aromatic carbocycles. The van der Waals surface area contributed by atoms with Gasteiger partial charge in [0.1, 0.15) is 17.5 Å². The van der Waals surface area contributed by atoms with Crippen molar-refractivity contribution in [1.82, 2.24) is 9.88 Å². The lowest BCUT2D eigenvalue weighted by Gasteiger charge is -2.33. The Bertz CT molecular complexity index is 727. The highest BCUT2D eigenvalue weighted by atomic mass is 19.1. The van der Waals surface area contributed by atoms with Gasteiger partial charge in [-0.1, -0.05) is 12.1 Å². The number of pyridine rings is 1. The number of amides is 1.